The van der Waals surface area contributed by atoms with Crippen LogP contribution in [0.15, 0.2) is 6.07 Å². The molecule has 4 heteroatoms. The molecular formula is C16H22ClNOS. The van der Waals surface area contributed by atoms with Crippen LogP contribution in [0.3, 0.4) is 0 Å². The molecule has 0 unspecified atom stereocenters. The Labute approximate surface area is 129 Å². The molecule has 3 rings (SSSR count). The van der Waals surface area contributed by atoms with Crippen molar-refractivity contribution < 1.29 is 4.79 Å². The van der Waals surface area contributed by atoms with E-state index in [0.29, 0.717) is 11.4 Å². The highest BCUT2D eigenvalue weighted by Crippen LogP contribution is 2.29. The van der Waals surface area contributed by atoms with E-state index in [1.807, 2.05) is 0 Å². The van der Waals surface area contributed by atoms with E-state index in [1.165, 1.54) is 29.7 Å². The summed E-state index contributed by atoms with van der Waals surface area (Å²) in [5.74, 6) is 0.126. The van der Waals surface area contributed by atoms with Crippen molar-refractivity contribution in [3.63, 3.8) is 0 Å². The number of alkyl halides is 1. The molecule has 1 aromatic rings. The molecule has 0 radical (unpaired) electrons. The van der Waals surface area contributed by atoms with Gasteiger partial charge in [-0.05, 0) is 63.0 Å². The summed E-state index contributed by atoms with van der Waals surface area (Å²) >= 11 is 7.82. The fourth-order valence-electron chi connectivity index (χ4n) is 3.23. The Morgan fingerprint density at radius 1 is 1.15 bits per heavy atom. The molecule has 0 bridgehead atoms. The van der Waals surface area contributed by atoms with Crippen LogP contribution in [0.1, 0.15) is 65.1 Å². The Morgan fingerprint density at radius 3 is 2.70 bits per heavy atom. The second kappa shape index (κ2) is 6.48. The van der Waals surface area contributed by atoms with Gasteiger partial charge in [0.25, 0.3) is 5.91 Å². The maximum Gasteiger partial charge on any atom is 0.261 e. The number of carbonyl (C=O) groups is 1. The number of thiophene rings is 1. The molecule has 1 aromatic heterocycles. The number of amides is 1. The van der Waals surface area contributed by atoms with Gasteiger partial charge in [-0.1, -0.05) is 6.42 Å². The maximum atomic E-state index is 12.4. The van der Waals surface area contributed by atoms with E-state index in [9.17, 15) is 4.79 Å². The molecule has 110 valence electrons. The molecule has 1 heterocycles. The number of hydrogen-bond acceptors (Lipinski definition) is 2. The summed E-state index contributed by atoms with van der Waals surface area (Å²) in [5, 5.41) is 3.50. The molecule has 0 atom stereocenters. The highest BCUT2D eigenvalue weighted by atomic mass is 35.5. The highest BCUT2D eigenvalue weighted by Gasteiger charge is 2.23. The molecule has 2 aliphatic carbocycles. The highest BCUT2D eigenvalue weighted by molar-refractivity contribution is 7.14. The van der Waals surface area contributed by atoms with Crippen LogP contribution in [0, 0.1) is 0 Å². The zero-order chi connectivity index (χ0) is 13.9. The van der Waals surface area contributed by atoms with Crippen LogP contribution in [0.25, 0.3) is 0 Å². The number of rotatable bonds is 2. The molecule has 2 nitrogen and oxygen atoms in total. The zero-order valence-electron chi connectivity index (χ0n) is 11.8. The first kappa shape index (κ1) is 14.4. The zero-order valence-corrected chi connectivity index (χ0v) is 13.4. The molecule has 1 N–H and O–H groups in total. The number of halogens is 1. The number of aryl methyl sites for hydroxylation is 2. The first-order valence-electron chi connectivity index (χ1n) is 7.79. The predicted molar refractivity (Wildman–Crippen MR) is 84.9 cm³/mol. The third kappa shape index (κ3) is 3.37. The van der Waals surface area contributed by atoms with E-state index in [-0.39, 0.29) is 5.91 Å². The summed E-state index contributed by atoms with van der Waals surface area (Å²) in [6.45, 7) is 0. The van der Waals surface area contributed by atoms with E-state index in [1.54, 1.807) is 11.3 Å². The van der Waals surface area contributed by atoms with Gasteiger partial charge >= 0.3 is 0 Å². The van der Waals surface area contributed by atoms with E-state index < -0.39 is 0 Å². The predicted octanol–water partition coefficient (Wildman–Crippen LogP) is 4.30. The lowest BCUT2D eigenvalue weighted by atomic mass is 9.95. The minimum absolute atomic E-state index is 0.126. The van der Waals surface area contributed by atoms with E-state index >= 15 is 0 Å². The third-order valence-electron chi connectivity index (χ3n) is 4.46. The lowest BCUT2D eigenvalue weighted by Gasteiger charge is -2.25. The summed E-state index contributed by atoms with van der Waals surface area (Å²) in [5.41, 5.74) is 1.42. The van der Waals surface area contributed by atoms with Gasteiger partial charge in [0, 0.05) is 16.3 Å². The fourth-order valence-corrected chi connectivity index (χ4v) is 4.64. The van der Waals surface area contributed by atoms with Crippen molar-refractivity contribution in [3.8, 4) is 0 Å². The maximum absolute atomic E-state index is 12.4. The summed E-state index contributed by atoms with van der Waals surface area (Å²) in [6.07, 6.45) is 10.3. The van der Waals surface area contributed by atoms with Crippen molar-refractivity contribution in [1.29, 1.82) is 0 Å². The van der Waals surface area contributed by atoms with Crippen LogP contribution in [-0.2, 0) is 12.8 Å². The van der Waals surface area contributed by atoms with Gasteiger partial charge in [0.1, 0.15) is 0 Å². The van der Waals surface area contributed by atoms with Gasteiger partial charge in [-0.25, -0.2) is 0 Å². The molecule has 1 fully saturated rings. The van der Waals surface area contributed by atoms with Gasteiger partial charge in [-0.2, -0.15) is 0 Å². The van der Waals surface area contributed by atoms with E-state index in [4.69, 9.17) is 11.6 Å². The van der Waals surface area contributed by atoms with Crippen molar-refractivity contribution in [2.24, 2.45) is 0 Å². The van der Waals surface area contributed by atoms with Gasteiger partial charge in [-0.15, -0.1) is 22.9 Å². The second-order valence-electron chi connectivity index (χ2n) is 6.04. The van der Waals surface area contributed by atoms with E-state index in [0.717, 1.165) is 43.4 Å². The molecule has 20 heavy (non-hydrogen) atoms. The largest absolute Gasteiger partial charge is 0.349 e. The molecule has 0 aromatic carbocycles. The van der Waals surface area contributed by atoms with Crippen LogP contribution in [0.5, 0.6) is 0 Å². The SMILES string of the molecule is O=C(NC1CCC(Cl)CC1)c1cc2c(s1)CCCCC2. The molecule has 2 aliphatic rings. The Bertz CT molecular complexity index is 453. The van der Waals surface area contributed by atoms with Crippen molar-refractivity contribution in [1.82, 2.24) is 5.32 Å². The minimum Gasteiger partial charge on any atom is -0.349 e. The Morgan fingerprint density at radius 2 is 1.90 bits per heavy atom. The monoisotopic (exact) mass is 311 g/mol. The van der Waals surface area contributed by atoms with Gasteiger partial charge < -0.3 is 5.32 Å². The molecule has 0 spiro atoms. The number of nitrogens with one attached hydrogen (secondary N) is 1. The van der Waals surface area contributed by atoms with Crippen LogP contribution in [0.4, 0.5) is 0 Å². The van der Waals surface area contributed by atoms with Crippen LogP contribution in [0.2, 0.25) is 0 Å². The first-order chi connectivity index (χ1) is 9.72. The Hall–Kier alpha value is -0.540. The topological polar surface area (TPSA) is 29.1 Å². The number of hydrogen-bond donors (Lipinski definition) is 1. The number of carbonyl (C=O) groups excluding carboxylic acids is 1. The van der Waals surface area contributed by atoms with Crippen molar-refractivity contribution in [2.75, 3.05) is 0 Å². The van der Waals surface area contributed by atoms with Crippen LogP contribution >= 0.6 is 22.9 Å². The van der Waals surface area contributed by atoms with Gasteiger partial charge in [0.05, 0.1) is 4.88 Å². The van der Waals surface area contributed by atoms with Crippen molar-refractivity contribution in [2.45, 2.75) is 69.2 Å². The first-order valence-corrected chi connectivity index (χ1v) is 9.04. The molecule has 0 saturated heterocycles. The van der Waals surface area contributed by atoms with Crippen molar-refractivity contribution in [3.05, 3.63) is 21.4 Å². The summed E-state index contributed by atoms with van der Waals surface area (Å²) in [4.78, 5) is 14.7. The summed E-state index contributed by atoms with van der Waals surface area (Å²) < 4.78 is 0. The molecule has 1 saturated carbocycles. The van der Waals surface area contributed by atoms with Gasteiger partial charge in [-0.3, -0.25) is 4.79 Å². The lowest BCUT2D eigenvalue weighted by molar-refractivity contribution is 0.0932. The second-order valence-corrected chi connectivity index (χ2v) is 7.80. The standard InChI is InChI=1S/C16H22ClNOS/c17-12-6-8-13(9-7-12)18-16(19)15-10-11-4-2-1-3-5-14(11)20-15/h10,12-13H,1-9H2,(H,18,19). The van der Waals surface area contributed by atoms with E-state index in [2.05, 4.69) is 11.4 Å². The molecule has 1 amide bonds. The average Bonchev–Trinajstić information content (AvgIpc) is 2.73. The lowest BCUT2D eigenvalue weighted by Crippen LogP contribution is -2.37. The summed E-state index contributed by atoms with van der Waals surface area (Å²) in [7, 11) is 0. The Balaban J connectivity index is 1.62. The van der Waals surface area contributed by atoms with Crippen molar-refractivity contribution >= 4 is 28.8 Å². The minimum atomic E-state index is 0.126. The van der Waals surface area contributed by atoms with Crippen LogP contribution in [-0.4, -0.2) is 17.3 Å². The normalized spacial score (nSPS) is 26.6. The van der Waals surface area contributed by atoms with Crippen LogP contribution < -0.4 is 5.32 Å². The Kier molecular flexibility index (Phi) is 4.67. The van der Waals surface area contributed by atoms with Gasteiger partial charge in [0.15, 0.2) is 0 Å². The quantitative estimate of drug-likeness (QED) is 0.640. The number of fused-ring (bicyclic) bond motifs is 1. The molecule has 0 aliphatic heterocycles. The fraction of sp³-hybridized carbons (Fsp3) is 0.688. The smallest absolute Gasteiger partial charge is 0.261 e. The molecular weight excluding hydrogens is 290 g/mol. The summed E-state index contributed by atoms with van der Waals surface area (Å²) in [6, 6.07) is 2.45. The third-order valence-corrected chi connectivity index (χ3v) is 6.13. The average molecular weight is 312 g/mol. The van der Waals surface area contributed by atoms with Gasteiger partial charge in [0.2, 0.25) is 0 Å².